The number of halogens is 1. The fourth-order valence-corrected chi connectivity index (χ4v) is 2.88. The van der Waals surface area contributed by atoms with Crippen molar-refractivity contribution in [3.8, 4) is 0 Å². The molecule has 6 nitrogen and oxygen atoms in total. The minimum atomic E-state index is -3.73. The molecular weight excluding hydrogens is 318 g/mol. The van der Waals surface area contributed by atoms with Crippen molar-refractivity contribution in [2.24, 2.45) is 0 Å². The molecule has 0 aromatic heterocycles. The first-order valence-electron chi connectivity index (χ1n) is 6.48. The van der Waals surface area contributed by atoms with Crippen LogP contribution in [0, 0.1) is 0 Å². The zero-order valence-corrected chi connectivity index (χ0v) is 13.2. The molecule has 0 unspecified atom stereocenters. The van der Waals surface area contributed by atoms with Crippen molar-refractivity contribution in [1.82, 2.24) is 4.72 Å². The highest BCUT2D eigenvalue weighted by Gasteiger charge is 2.17. The summed E-state index contributed by atoms with van der Waals surface area (Å²) in [7, 11) is -3.73. The molecule has 0 aliphatic heterocycles. The number of nitrogens with one attached hydrogen (secondary N) is 1. The van der Waals surface area contributed by atoms with E-state index < -0.39 is 16.0 Å². The van der Waals surface area contributed by atoms with Crippen LogP contribution in [-0.2, 0) is 14.8 Å². The van der Waals surface area contributed by atoms with Crippen LogP contribution in [0.1, 0.15) is 30.1 Å². The number of sulfonamides is 1. The summed E-state index contributed by atoms with van der Waals surface area (Å²) in [5, 5.41) is 8.72. The monoisotopic (exact) mass is 335 g/mol. The second-order valence-corrected chi connectivity index (χ2v) is 6.48. The third-order valence-corrected chi connectivity index (χ3v) is 4.43. The number of benzene rings is 1. The Kier molecular flexibility index (Phi) is 7.10. The Morgan fingerprint density at radius 3 is 2.67 bits per heavy atom. The summed E-state index contributed by atoms with van der Waals surface area (Å²) in [5.41, 5.74) is -0.140. The van der Waals surface area contributed by atoms with Gasteiger partial charge in [-0.15, -0.1) is 0 Å². The lowest BCUT2D eigenvalue weighted by atomic mass is 10.2. The summed E-state index contributed by atoms with van der Waals surface area (Å²) in [6, 6.07) is 3.48. The molecule has 2 N–H and O–H groups in total. The predicted molar refractivity (Wildman–Crippen MR) is 79.3 cm³/mol. The Hall–Kier alpha value is -1.15. The van der Waals surface area contributed by atoms with Crippen molar-refractivity contribution in [2.75, 3.05) is 19.8 Å². The summed E-state index contributed by atoms with van der Waals surface area (Å²) < 4.78 is 31.6. The van der Waals surface area contributed by atoms with Gasteiger partial charge in [-0.3, -0.25) is 0 Å². The summed E-state index contributed by atoms with van der Waals surface area (Å²) in [4.78, 5) is 10.7. The highest BCUT2D eigenvalue weighted by Crippen LogP contribution is 2.20. The molecule has 0 bridgehead atoms. The number of ether oxygens (including phenoxy) is 1. The average molecular weight is 336 g/mol. The number of unbranched alkanes of at least 4 members (excludes halogenated alkanes) is 1. The van der Waals surface area contributed by atoms with Crippen LogP contribution in [0.4, 0.5) is 0 Å². The van der Waals surface area contributed by atoms with E-state index in [2.05, 4.69) is 4.72 Å². The molecule has 0 amide bonds. The zero-order chi connectivity index (χ0) is 15.9. The van der Waals surface area contributed by atoms with Crippen LogP contribution in [-0.4, -0.2) is 39.3 Å². The highest BCUT2D eigenvalue weighted by atomic mass is 35.5. The number of hydrogen-bond donors (Lipinski definition) is 2. The minimum absolute atomic E-state index is 0.0777. The maximum atomic E-state index is 12.0. The second-order valence-electron chi connectivity index (χ2n) is 4.31. The van der Waals surface area contributed by atoms with Crippen molar-refractivity contribution in [3.05, 3.63) is 28.8 Å². The van der Waals surface area contributed by atoms with E-state index in [1.807, 2.05) is 6.92 Å². The lowest BCUT2D eigenvalue weighted by Gasteiger charge is -2.08. The Morgan fingerprint density at radius 1 is 1.38 bits per heavy atom. The fourth-order valence-electron chi connectivity index (χ4n) is 1.52. The molecule has 1 aromatic rings. The Balaban J connectivity index is 2.62. The van der Waals surface area contributed by atoms with Crippen LogP contribution >= 0.6 is 11.6 Å². The van der Waals surface area contributed by atoms with Crippen molar-refractivity contribution < 1.29 is 23.1 Å². The molecule has 8 heteroatoms. The largest absolute Gasteiger partial charge is 0.478 e. The summed E-state index contributed by atoms with van der Waals surface area (Å²) in [6.45, 7) is 3.05. The second kappa shape index (κ2) is 8.33. The molecule has 0 saturated heterocycles. The van der Waals surface area contributed by atoms with Gasteiger partial charge in [-0.1, -0.05) is 24.9 Å². The number of carbonyl (C=O) groups is 1. The van der Waals surface area contributed by atoms with Gasteiger partial charge in [0.15, 0.2) is 0 Å². The van der Waals surface area contributed by atoms with Gasteiger partial charge in [0.1, 0.15) is 0 Å². The molecule has 0 aliphatic carbocycles. The lowest BCUT2D eigenvalue weighted by molar-refractivity contribution is 0.0697. The van der Waals surface area contributed by atoms with Gasteiger partial charge in [-0.25, -0.2) is 17.9 Å². The van der Waals surface area contributed by atoms with E-state index in [9.17, 15) is 13.2 Å². The first-order chi connectivity index (χ1) is 9.88. The van der Waals surface area contributed by atoms with Gasteiger partial charge in [0, 0.05) is 13.2 Å². The van der Waals surface area contributed by atoms with Crippen LogP contribution in [0.3, 0.4) is 0 Å². The Bertz CT molecular complexity index is 588. The fraction of sp³-hybridized carbons (Fsp3) is 0.462. The first kappa shape index (κ1) is 17.9. The molecule has 0 atom stereocenters. The molecule has 1 rings (SSSR count). The third kappa shape index (κ3) is 5.62. The minimum Gasteiger partial charge on any atom is -0.478 e. The zero-order valence-electron chi connectivity index (χ0n) is 11.6. The SMILES string of the molecule is CCCCOCCNS(=O)(=O)c1ccc(C(=O)O)c(Cl)c1. The van der Waals surface area contributed by atoms with Gasteiger partial charge >= 0.3 is 5.97 Å². The van der Waals surface area contributed by atoms with Gasteiger partial charge < -0.3 is 9.84 Å². The van der Waals surface area contributed by atoms with Gasteiger partial charge in [-0.2, -0.15) is 0 Å². The summed E-state index contributed by atoms with van der Waals surface area (Å²) >= 11 is 5.75. The number of aromatic carboxylic acids is 1. The van der Waals surface area contributed by atoms with E-state index in [0.29, 0.717) is 6.61 Å². The highest BCUT2D eigenvalue weighted by molar-refractivity contribution is 7.89. The van der Waals surface area contributed by atoms with Crippen LogP contribution in [0.15, 0.2) is 23.1 Å². The quantitative estimate of drug-likeness (QED) is 0.674. The lowest BCUT2D eigenvalue weighted by Crippen LogP contribution is -2.27. The first-order valence-corrected chi connectivity index (χ1v) is 8.35. The maximum Gasteiger partial charge on any atom is 0.337 e. The van der Waals surface area contributed by atoms with Gasteiger partial charge in [0.05, 0.1) is 22.1 Å². The number of rotatable bonds is 9. The van der Waals surface area contributed by atoms with Gasteiger partial charge in [0.2, 0.25) is 10.0 Å². The Labute approximate surface area is 129 Å². The van der Waals surface area contributed by atoms with E-state index >= 15 is 0 Å². The summed E-state index contributed by atoms with van der Waals surface area (Å²) in [6.07, 6.45) is 1.94. The van der Waals surface area contributed by atoms with Gasteiger partial charge in [0.25, 0.3) is 0 Å². The molecule has 0 spiro atoms. The molecule has 0 aliphatic rings. The molecule has 0 fully saturated rings. The van der Waals surface area contributed by atoms with E-state index in [4.69, 9.17) is 21.4 Å². The molecule has 21 heavy (non-hydrogen) atoms. The third-order valence-electron chi connectivity index (χ3n) is 2.66. The van der Waals surface area contributed by atoms with Crippen LogP contribution in [0.25, 0.3) is 0 Å². The van der Waals surface area contributed by atoms with E-state index in [-0.39, 0.29) is 28.6 Å². The van der Waals surface area contributed by atoms with Gasteiger partial charge in [-0.05, 0) is 24.6 Å². The predicted octanol–water partition coefficient (Wildman–Crippen LogP) is 2.13. The molecule has 118 valence electrons. The van der Waals surface area contributed by atoms with E-state index in [1.165, 1.54) is 6.07 Å². The number of carboxylic acid groups (broad SMARTS) is 1. The van der Waals surface area contributed by atoms with E-state index in [1.54, 1.807) is 0 Å². The van der Waals surface area contributed by atoms with Crippen molar-refractivity contribution in [1.29, 1.82) is 0 Å². The topological polar surface area (TPSA) is 92.7 Å². The van der Waals surface area contributed by atoms with E-state index in [0.717, 1.165) is 25.0 Å². The normalized spacial score (nSPS) is 11.5. The van der Waals surface area contributed by atoms with Crippen molar-refractivity contribution in [2.45, 2.75) is 24.7 Å². The molecule has 0 heterocycles. The molecular formula is C13H18ClNO5S. The van der Waals surface area contributed by atoms with Crippen LogP contribution in [0.5, 0.6) is 0 Å². The maximum absolute atomic E-state index is 12.0. The van der Waals surface area contributed by atoms with Crippen LogP contribution < -0.4 is 4.72 Å². The van der Waals surface area contributed by atoms with Crippen LogP contribution in [0.2, 0.25) is 5.02 Å². The molecule has 0 radical (unpaired) electrons. The number of hydrogen-bond acceptors (Lipinski definition) is 4. The summed E-state index contributed by atoms with van der Waals surface area (Å²) in [5.74, 6) is -1.21. The van der Waals surface area contributed by atoms with Crippen molar-refractivity contribution >= 4 is 27.6 Å². The average Bonchev–Trinajstić information content (AvgIpc) is 2.42. The number of carboxylic acids is 1. The Morgan fingerprint density at radius 2 is 2.10 bits per heavy atom. The molecule has 1 aromatic carbocycles. The smallest absolute Gasteiger partial charge is 0.337 e. The van der Waals surface area contributed by atoms with Crippen molar-refractivity contribution in [3.63, 3.8) is 0 Å². The molecule has 0 saturated carbocycles. The standard InChI is InChI=1S/C13H18ClNO5S/c1-2-3-7-20-8-6-15-21(18,19)10-4-5-11(13(16)17)12(14)9-10/h4-5,9,15H,2-3,6-8H2,1H3,(H,16,17).